The zero-order valence-corrected chi connectivity index (χ0v) is 12.2. The largest absolute Gasteiger partial charge is 0.493 e. The molecular formula is C19H21NO. The van der Waals surface area contributed by atoms with Crippen molar-refractivity contribution in [3.63, 3.8) is 0 Å². The van der Waals surface area contributed by atoms with Gasteiger partial charge in [0.05, 0.1) is 6.61 Å². The first-order valence-corrected chi connectivity index (χ1v) is 7.93. The molecule has 4 rings (SSSR count). The SMILES string of the molecule is c1ccc(C2CNCCC2c2ccc3c(c2)CCO3)cc1. The zero-order valence-electron chi connectivity index (χ0n) is 12.2. The molecule has 1 saturated heterocycles. The van der Waals surface area contributed by atoms with E-state index < -0.39 is 0 Å². The highest BCUT2D eigenvalue weighted by atomic mass is 16.5. The predicted molar refractivity (Wildman–Crippen MR) is 85.1 cm³/mol. The van der Waals surface area contributed by atoms with Gasteiger partial charge in [-0.25, -0.2) is 0 Å². The van der Waals surface area contributed by atoms with Crippen LogP contribution in [0.2, 0.25) is 0 Å². The van der Waals surface area contributed by atoms with Crippen LogP contribution in [-0.2, 0) is 6.42 Å². The van der Waals surface area contributed by atoms with Gasteiger partial charge in [0.1, 0.15) is 5.75 Å². The molecule has 2 unspecified atom stereocenters. The quantitative estimate of drug-likeness (QED) is 0.908. The van der Waals surface area contributed by atoms with Gasteiger partial charge in [-0.1, -0.05) is 42.5 Å². The van der Waals surface area contributed by atoms with E-state index in [0.29, 0.717) is 11.8 Å². The molecule has 0 radical (unpaired) electrons. The van der Waals surface area contributed by atoms with Gasteiger partial charge < -0.3 is 10.1 Å². The summed E-state index contributed by atoms with van der Waals surface area (Å²) in [7, 11) is 0. The van der Waals surface area contributed by atoms with Gasteiger partial charge in [0.2, 0.25) is 0 Å². The van der Waals surface area contributed by atoms with E-state index in [2.05, 4.69) is 53.8 Å². The fourth-order valence-electron chi connectivity index (χ4n) is 3.75. The van der Waals surface area contributed by atoms with Crippen LogP contribution in [0.4, 0.5) is 0 Å². The van der Waals surface area contributed by atoms with Crippen LogP contribution in [0, 0.1) is 0 Å². The van der Waals surface area contributed by atoms with Gasteiger partial charge in [-0.2, -0.15) is 0 Å². The summed E-state index contributed by atoms with van der Waals surface area (Å²) < 4.78 is 5.64. The van der Waals surface area contributed by atoms with Crippen LogP contribution < -0.4 is 10.1 Å². The Kier molecular flexibility index (Phi) is 3.40. The van der Waals surface area contributed by atoms with Gasteiger partial charge in [0.15, 0.2) is 0 Å². The summed E-state index contributed by atoms with van der Waals surface area (Å²) in [6.45, 7) is 3.02. The Labute approximate surface area is 126 Å². The van der Waals surface area contributed by atoms with Gasteiger partial charge in [0, 0.05) is 18.9 Å². The summed E-state index contributed by atoms with van der Waals surface area (Å²) in [5.41, 5.74) is 4.32. The molecule has 2 atom stereocenters. The van der Waals surface area contributed by atoms with Gasteiger partial charge in [-0.15, -0.1) is 0 Å². The van der Waals surface area contributed by atoms with Crippen molar-refractivity contribution in [2.24, 2.45) is 0 Å². The summed E-state index contributed by atoms with van der Waals surface area (Å²) in [4.78, 5) is 0. The maximum absolute atomic E-state index is 5.64. The maximum Gasteiger partial charge on any atom is 0.122 e. The van der Waals surface area contributed by atoms with Crippen molar-refractivity contribution in [2.45, 2.75) is 24.7 Å². The van der Waals surface area contributed by atoms with E-state index >= 15 is 0 Å². The minimum atomic E-state index is 0.570. The maximum atomic E-state index is 5.64. The molecule has 2 aliphatic heterocycles. The molecule has 0 aromatic heterocycles. The topological polar surface area (TPSA) is 21.3 Å². The molecule has 0 bridgehead atoms. The standard InChI is InChI=1S/C19H21NO/c1-2-4-14(5-3-1)18-13-20-10-8-17(18)15-6-7-19-16(12-15)9-11-21-19/h1-7,12,17-18,20H,8-11,13H2. The molecule has 2 heteroatoms. The number of hydrogen-bond donors (Lipinski definition) is 1. The molecule has 0 amide bonds. The molecule has 2 aromatic carbocycles. The van der Waals surface area contributed by atoms with Crippen molar-refractivity contribution in [1.82, 2.24) is 5.32 Å². The summed E-state index contributed by atoms with van der Waals surface area (Å²) in [5.74, 6) is 2.27. The van der Waals surface area contributed by atoms with E-state index in [1.807, 2.05) is 0 Å². The molecule has 2 aromatic rings. The summed E-state index contributed by atoms with van der Waals surface area (Å²) in [6.07, 6.45) is 2.27. The van der Waals surface area contributed by atoms with Crippen LogP contribution in [0.25, 0.3) is 0 Å². The summed E-state index contributed by atoms with van der Waals surface area (Å²) in [5, 5.41) is 3.56. The monoisotopic (exact) mass is 279 g/mol. The summed E-state index contributed by atoms with van der Waals surface area (Å²) in [6, 6.07) is 17.8. The van der Waals surface area contributed by atoms with E-state index in [4.69, 9.17) is 4.74 Å². The molecule has 21 heavy (non-hydrogen) atoms. The molecule has 1 N–H and O–H groups in total. The smallest absolute Gasteiger partial charge is 0.122 e. The van der Waals surface area contributed by atoms with Crippen molar-refractivity contribution in [1.29, 1.82) is 0 Å². The number of benzene rings is 2. The van der Waals surface area contributed by atoms with E-state index in [0.717, 1.165) is 31.9 Å². The first-order chi connectivity index (χ1) is 10.4. The van der Waals surface area contributed by atoms with Crippen LogP contribution in [0.1, 0.15) is 34.9 Å². The van der Waals surface area contributed by atoms with E-state index in [9.17, 15) is 0 Å². The van der Waals surface area contributed by atoms with Gasteiger partial charge in [-0.3, -0.25) is 0 Å². The second kappa shape index (κ2) is 5.53. The van der Waals surface area contributed by atoms with Crippen molar-refractivity contribution in [3.8, 4) is 5.75 Å². The Morgan fingerprint density at radius 1 is 0.952 bits per heavy atom. The van der Waals surface area contributed by atoms with Crippen LogP contribution in [-0.4, -0.2) is 19.7 Å². The molecule has 0 spiro atoms. The second-order valence-corrected chi connectivity index (χ2v) is 6.08. The van der Waals surface area contributed by atoms with Crippen molar-refractivity contribution in [2.75, 3.05) is 19.7 Å². The van der Waals surface area contributed by atoms with Gasteiger partial charge in [-0.05, 0) is 41.6 Å². The minimum absolute atomic E-state index is 0.570. The molecule has 1 fully saturated rings. The first kappa shape index (κ1) is 12.9. The molecule has 2 aliphatic rings. The fraction of sp³-hybridized carbons (Fsp3) is 0.368. The Morgan fingerprint density at radius 2 is 1.86 bits per heavy atom. The van der Waals surface area contributed by atoms with Crippen molar-refractivity contribution in [3.05, 3.63) is 65.2 Å². The first-order valence-electron chi connectivity index (χ1n) is 7.93. The molecule has 2 nitrogen and oxygen atoms in total. The fourth-order valence-corrected chi connectivity index (χ4v) is 3.75. The minimum Gasteiger partial charge on any atom is -0.493 e. The van der Waals surface area contributed by atoms with Crippen molar-refractivity contribution >= 4 is 0 Å². The second-order valence-electron chi connectivity index (χ2n) is 6.08. The lowest BCUT2D eigenvalue weighted by Gasteiger charge is -2.33. The van der Waals surface area contributed by atoms with Crippen LogP contribution >= 0.6 is 0 Å². The molecule has 0 saturated carbocycles. The lowest BCUT2D eigenvalue weighted by atomic mass is 9.77. The lowest BCUT2D eigenvalue weighted by Crippen LogP contribution is -2.34. The summed E-state index contributed by atoms with van der Waals surface area (Å²) >= 11 is 0. The number of nitrogens with one attached hydrogen (secondary N) is 1. The Bertz CT molecular complexity index is 623. The van der Waals surface area contributed by atoms with E-state index in [1.165, 1.54) is 23.1 Å². The van der Waals surface area contributed by atoms with Gasteiger partial charge in [0.25, 0.3) is 0 Å². The third-order valence-corrected chi connectivity index (χ3v) is 4.85. The number of rotatable bonds is 2. The Balaban J connectivity index is 1.68. The van der Waals surface area contributed by atoms with Crippen LogP contribution in [0.3, 0.4) is 0 Å². The van der Waals surface area contributed by atoms with E-state index in [-0.39, 0.29) is 0 Å². The molecule has 2 heterocycles. The molecule has 108 valence electrons. The third kappa shape index (κ3) is 2.44. The zero-order chi connectivity index (χ0) is 14.1. The van der Waals surface area contributed by atoms with Crippen molar-refractivity contribution < 1.29 is 4.74 Å². The average Bonchev–Trinajstić information content (AvgIpc) is 3.03. The van der Waals surface area contributed by atoms with E-state index in [1.54, 1.807) is 0 Å². The number of hydrogen-bond acceptors (Lipinski definition) is 2. The number of piperidine rings is 1. The lowest BCUT2D eigenvalue weighted by molar-refractivity contribution is 0.356. The Morgan fingerprint density at radius 3 is 2.76 bits per heavy atom. The highest BCUT2D eigenvalue weighted by Gasteiger charge is 2.28. The average molecular weight is 279 g/mol. The van der Waals surface area contributed by atoms with Crippen LogP contribution in [0.15, 0.2) is 48.5 Å². The third-order valence-electron chi connectivity index (χ3n) is 4.85. The predicted octanol–water partition coefficient (Wildman–Crippen LogP) is 3.48. The highest BCUT2D eigenvalue weighted by molar-refractivity contribution is 5.42. The normalized spacial score (nSPS) is 24.4. The Hall–Kier alpha value is -1.80. The molecular weight excluding hydrogens is 258 g/mol. The highest BCUT2D eigenvalue weighted by Crippen LogP contribution is 2.39. The number of ether oxygens (including phenoxy) is 1. The van der Waals surface area contributed by atoms with Crippen LogP contribution in [0.5, 0.6) is 5.75 Å². The number of fused-ring (bicyclic) bond motifs is 1. The van der Waals surface area contributed by atoms with Gasteiger partial charge >= 0.3 is 0 Å². The molecule has 0 aliphatic carbocycles.